The molecular weight excluding hydrogens is 222 g/mol. The summed E-state index contributed by atoms with van der Waals surface area (Å²) in [6.45, 7) is 2.53. The molecule has 0 aliphatic rings. The molecule has 0 saturated carbocycles. The lowest BCUT2D eigenvalue weighted by atomic mass is 10.1. The minimum atomic E-state index is 0.668. The monoisotopic (exact) mass is 239 g/mol. The van der Waals surface area contributed by atoms with Crippen LogP contribution in [0.4, 0.5) is 0 Å². The third kappa shape index (κ3) is 4.57. The van der Waals surface area contributed by atoms with Crippen molar-refractivity contribution in [3.05, 3.63) is 29.8 Å². The molecular formula is C12H17NO2S. The highest BCUT2D eigenvalue weighted by Crippen LogP contribution is 2.13. The van der Waals surface area contributed by atoms with Gasteiger partial charge in [0, 0.05) is 12.2 Å². The SMILES string of the molecule is CSCCOc1ccc(C/C(C)=N/O)cc1. The number of hydrogen-bond acceptors (Lipinski definition) is 4. The van der Waals surface area contributed by atoms with E-state index in [-0.39, 0.29) is 0 Å². The Balaban J connectivity index is 2.47. The predicted molar refractivity (Wildman–Crippen MR) is 68.9 cm³/mol. The van der Waals surface area contributed by atoms with Crippen molar-refractivity contribution >= 4 is 17.5 Å². The first-order chi connectivity index (χ1) is 7.76. The van der Waals surface area contributed by atoms with E-state index < -0.39 is 0 Å². The van der Waals surface area contributed by atoms with E-state index in [0.29, 0.717) is 12.1 Å². The molecule has 3 nitrogen and oxygen atoms in total. The molecule has 0 unspecified atom stereocenters. The van der Waals surface area contributed by atoms with Crippen LogP contribution in [-0.2, 0) is 6.42 Å². The van der Waals surface area contributed by atoms with Gasteiger partial charge < -0.3 is 9.94 Å². The molecule has 0 amide bonds. The van der Waals surface area contributed by atoms with Crippen LogP contribution in [0.2, 0.25) is 0 Å². The minimum absolute atomic E-state index is 0.668. The average Bonchev–Trinajstić information content (AvgIpc) is 2.31. The van der Waals surface area contributed by atoms with Crippen LogP contribution < -0.4 is 4.74 Å². The largest absolute Gasteiger partial charge is 0.493 e. The molecule has 0 heterocycles. The topological polar surface area (TPSA) is 41.8 Å². The Hall–Kier alpha value is -1.16. The number of nitrogens with zero attached hydrogens (tertiary/aromatic N) is 1. The van der Waals surface area contributed by atoms with E-state index in [1.54, 1.807) is 18.7 Å². The Morgan fingerprint density at radius 3 is 2.62 bits per heavy atom. The van der Waals surface area contributed by atoms with Crippen molar-refractivity contribution in [2.45, 2.75) is 13.3 Å². The van der Waals surface area contributed by atoms with Crippen molar-refractivity contribution in [1.82, 2.24) is 0 Å². The second kappa shape index (κ2) is 7.17. The van der Waals surface area contributed by atoms with Crippen molar-refractivity contribution in [2.75, 3.05) is 18.6 Å². The molecule has 0 bridgehead atoms. The highest BCUT2D eigenvalue weighted by atomic mass is 32.2. The van der Waals surface area contributed by atoms with Crippen molar-refractivity contribution in [3.63, 3.8) is 0 Å². The Bertz CT molecular complexity index is 335. The first-order valence-corrected chi connectivity index (χ1v) is 6.54. The van der Waals surface area contributed by atoms with Crippen LogP contribution in [0.1, 0.15) is 12.5 Å². The van der Waals surface area contributed by atoms with E-state index in [1.807, 2.05) is 24.3 Å². The van der Waals surface area contributed by atoms with Gasteiger partial charge in [-0.05, 0) is 30.9 Å². The number of ether oxygens (including phenoxy) is 1. The minimum Gasteiger partial charge on any atom is -0.493 e. The van der Waals surface area contributed by atoms with Crippen molar-refractivity contribution in [1.29, 1.82) is 0 Å². The fraction of sp³-hybridized carbons (Fsp3) is 0.417. The van der Waals surface area contributed by atoms with E-state index in [2.05, 4.69) is 11.4 Å². The van der Waals surface area contributed by atoms with Gasteiger partial charge in [-0.25, -0.2) is 0 Å². The Morgan fingerprint density at radius 2 is 2.06 bits per heavy atom. The maximum absolute atomic E-state index is 8.55. The number of hydrogen-bond donors (Lipinski definition) is 1. The Kier molecular flexibility index (Phi) is 5.78. The van der Waals surface area contributed by atoms with Crippen LogP contribution in [0.25, 0.3) is 0 Å². The molecule has 0 aliphatic heterocycles. The molecule has 1 rings (SSSR count). The lowest BCUT2D eigenvalue weighted by Gasteiger charge is -2.06. The van der Waals surface area contributed by atoms with Crippen LogP contribution in [0, 0.1) is 0 Å². The lowest BCUT2D eigenvalue weighted by molar-refractivity contribution is 0.317. The van der Waals surface area contributed by atoms with Gasteiger partial charge >= 0.3 is 0 Å². The molecule has 0 aromatic heterocycles. The van der Waals surface area contributed by atoms with E-state index in [9.17, 15) is 0 Å². The summed E-state index contributed by atoms with van der Waals surface area (Å²) < 4.78 is 5.53. The fourth-order valence-electron chi connectivity index (χ4n) is 1.28. The molecule has 0 atom stereocenters. The first kappa shape index (κ1) is 12.9. The van der Waals surface area contributed by atoms with Gasteiger partial charge in [-0.1, -0.05) is 17.3 Å². The van der Waals surface area contributed by atoms with Gasteiger partial charge in [-0.2, -0.15) is 11.8 Å². The van der Waals surface area contributed by atoms with Crippen LogP contribution in [-0.4, -0.2) is 29.5 Å². The highest BCUT2D eigenvalue weighted by molar-refractivity contribution is 7.98. The summed E-state index contributed by atoms with van der Waals surface area (Å²) in [6, 6.07) is 7.87. The van der Waals surface area contributed by atoms with E-state index in [0.717, 1.165) is 23.7 Å². The zero-order valence-electron chi connectivity index (χ0n) is 9.64. The van der Waals surface area contributed by atoms with Crippen LogP contribution >= 0.6 is 11.8 Å². The fourth-order valence-corrected chi connectivity index (χ4v) is 1.53. The third-order valence-corrected chi connectivity index (χ3v) is 2.69. The summed E-state index contributed by atoms with van der Waals surface area (Å²) in [7, 11) is 0. The van der Waals surface area contributed by atoms with E-state index in [4.69, 9.17) is 9.94 Å². The lowest BCUT2D eigenvalue weighted by Crippen LogP contribution is -2.00. The zero-order valence-corrected chi connectivity index (χ0v) is 10.5. The molecule has 0 radical (unpaired) electrons. The van der Waals surface area contributed by atoms with Crippen molar-refractivity contribution < 1.29 is 9.94 Å². The van der Waals surface area contributed by atoms with Gasteiger partial charge in [-0.3, -0.25) is 0 Å². The normalized spacial score (nSPS) is 11.5. The zero-order chi connectivity index (χ0) is 11.8. The van der Waals surface area contributed by atoms with Crippen LogP contribution in [0.3, 0.4) is 0 Å². The summed E-state index contributed by atoms with van der Waals surface area (Å²) in [5.74, 6) is 1.88. The number of thioether (sulfide) groups is 1. The highest BCUT2D eigenvalue weighted by Gasteiger charge is 1.98. The Morgan fingerprint density at radius 1 is 1.38 bits per heavy atom. The molecule has 1 aromatic carbocycles. The van der Waals surface area contributed by atoms with Crippen LogP contribution in [0.15, 0.2) is 29.4 Å². The standard InChI is InChI=1S/C12H17NO2S/c1-10(13-14)9-11-3-5-12(6-4-11)15-7-8-16-2/h3-6,14H,7-9H2,1-2H3/b13-10+. The summed E-state index contributed by atoms with van der Waals surface area (Å²) >= 11 is 1.77. The molecule has 16 heavy (non-hydrogen) atoms. The van der Waals surface area contributed by atoms with Gasteiger partial charge in [-0.15, -0.1) is 0 Å². The first-order valence-electron chi connectivity index (χ1n) is 5.14. The van der Waals surface area contributed by atoms with Crippen molar-refractivity contribution in [2.24, 2.45) is 5.16 Å². The van der Waals surface area contributed by atoms with Crippen molar-refractivity contribution in [3.8, 4) is 5.75 Å². The molecule has 1 N–H and O–H groups in total. The molecule has 0 aliphatic carbocycles. The number of oxime groups is 1. The smallest absolute Gasteiger partial charge is 0.119 e. The maximum Gasteiger partial charge on any atom is 0.119 e. The van der Waals surface area contributed by atoms with Gasteiger partial charge in [0.15, 0.2) is 0 Å². The van der Waals surface area contributed by atoms with Gasteiger partial charge in [0.05, 0.1) is 12.3 Å². The summed E-state index contributed by atoms with van der Waals surface area (Å²) in [5, 5.41) is 11.7. The average molecular weight is 239 g/mol. The quantitative estimate of drug-likeness (QED) is 0.359. The number of benzene rings is 1. The predicted octanol–water partition coefficient (Wildman–Crippen LogP) is 2.82. The van der Waals surface area contributed by atoms with Gasteiger partial charge in [0.25, 0.3) is 0 Å². The third-order valence-electron chi connectivity index (χ3n) is 2.11. The molecule has 0 spiro atoms. The summed E-state index contributed by atoms with van der Waals surface area (Å²) in [5.41, 5.74) is 1.82. The molecule has 88 valence electrons. The van der Waals surface area contributed by atoms with Gasteiger partial charge in [0.1, 0.15) is 5.75 Å². The second-order valence-electron chi connectivity index (χ2n) is 3.50. The molecule has 0 fully saturated rings. The second-order valence-corrected chi connectivity index (χ2v) is 4.48. The molecule has 0 saturated heterocycles. The maximum atomic E-state index is 8.55. The van der Waals surface area contributed by atoms with E-state index >= 15 is 0 Å². The molecule has 4 heteroatoms. The van der Waals surface area contributed by atoms with E-state index in [1.165, 1.54) is 0 Å². The summed E-state index contributed by atoms with van der Waals surface area (Å²) in [4.78, 5) is 0. The Labute approximate surface area is 101 Å². The number of rotatable bonds is 6. The van der Waals surface area contributed by atoms with Crippen LogP contribution in [0.5, 0.6) is 5.75 Å². The summed E-state index contributed by atoms with van der Waals surface area (Å²) in [6.07, 6.45) is 2.73. The molecule has 1 aromatic rings. The van der Waals surface area contributed by atoms with Gasteiger partial charge in [0.2, 0.25) is 0 Å².